The molecule has 0 spiro atoms. The van der Waals surface area contributed by atoms with Gasteiger partial charge in [0.25, 0.3) is 5.91 Å². The molecule has 0 aliphatic heterocycles. The van der Waals surface area contributed by atoms with Crippen LogP contribution in [-0.4, -0.2) is 24.0 Å². The number of pyridine rings is 1. The molecule has 2 aromatic rings. The number of benzene rings is 1. The molecule has 0 saturated carbocycles. The number of para-hydroxylation sites is 1. The molecule has 1 aromatic heterocycles. The Kier molecular flexibility index (Phi) is 3.77. The van der Waals surface area contributed by atoms with Crippen molar-refractivity contribution in [2.75, 3.05) is 13.2 Å². The molecule has 1 aromatic carbocycles. The number of ether oxygens (including phenoxy) is 1. The molecule has 4 heteroatoms. The first kappa shape index (κ1) is 12.4. The summed E-state index contributed by atoms with van der Waals surface area (Å²) in [6.45, 7) is 4.43. The second-order valence-electron chi connectivity index (χ2n) is 4.02. The van der Waals surface area contributed by atoms with Crippen LogP contribution in [0, 0.1) is 6.92 Å². The van der Waals surface area contributed by atoms with Crippen molar-refractivity contribution in [3.05, 3.63) is 36.0 Å². The number of aromatic nitrogens is 1. The van der Waals surface area contributed by atoms with Crippen LogP contribution in [0.2, 0.25) is 0 Å². The van der Waals surface area contributed by atoms with Gasteiger partial charge in [-0.2, -0.15) is 0 Å². The topological polar surface area (TPSA) is 51.2 Å². The number of nitrogens with one attached hydrogen (secondary N) is 1. The maximum atomic E-state index is 11.4. The highest BCUT2D eigenvalue weighted by Crippen LogP contribution is 2.23. The third-order valence-electron chi connectivity index (χ3n) is 2.56. The monoisotopic (exact) mass is 244 g/mol. The number of likely N-dealkylation sites (N-methyl/N-ethyl adjacent to an activating group) is 1. The van der Waals surface area contributed by atoms with Crippen molar-refractivity contribution in [2.45, 2.75) is 13.8 Å². The van der Waals surface area contributed by atoms with Crippen LogP contribution in [0.4, 0.5) is 0 Å². The van der Waals surface area contributed by atoms with Crippen molar-refractivity contribution >= 4 is 16.8 Å². The molecular formula is C14H16N2O2. The summed E-state index contributed by atoms with van der Waals surface area (Å²) in [7, 11) is 0. The first-order chi connectivity index (χ1) is 8.70. The first-order valence-corrected chi connectivity index (χ1v) is 5.96. The van der Waals surface area contributed by atoms with Crippen molar-refractivity contribution < 1.29 is 9.53 Å². The highest BCUT2D eigenvalue weighted by molar-refractivity contribution is 5.85. The molecule has 1 amide bonds. The van der Waals surface area contributed by atoms with E-state index in [1.54, 1.807) is 0 Å². The summed E-state index contributed by atoms with van der Waals surface area (Å²) in [6.07, 6.45) is 0. The Bertz CT molecular complexity index is 567. The van der Waals surface area contributed by atoms with Crippen molar-refractivity contribution in [3.8, 4) is 5.75 Å². The van der Waals surface area contributed by atoms with E-state index in [0.717, 1.165) is 16.6 Å². The Morgan fingerprint density at radius 2 is 2.17 bits per heavy atom. The number of carbonyl (C=O) groups excluding carboxylic acids is 1. The number of fused-ring (bicyclic) bond motifs is 1. The average Bonchev–Trinajstić information content (AvgIpc) is 2.36. The molecule has 94 valence electrons. The molecule has 18 heavy (non-hydrogen) atoms. The zero-order chi connectivity index (χ0) is 13.0. The molecule has 2 rings (SSSR count). The van der Waals surface area contributed by atoms with Gasteiger partial charge in [-0.1, -0.05) is 18.2 Å². The lowest BCUT2D eigenvalue weighted by Crippen LogP contribution is -2.28. The molecule has 1 heterocycles. The van der Waals surface area contributed by atoms with Crippen LogP contribution < -0.4 is 10.1 Å². The van der Waals surface area contributed by atoms with Gasteiger partial charge in [-0.15, -0.1) is 0 Å². The van der Waals surface area contributed by atoms with Gasteiger partial charge in [0.1, 0.15) is 11.3 Å². The van der Waals surface area contributed by atoms with Gasteiger partial charge in [0.15, 0.2) is 6.61 Å². The van der Waals surface area contributed by atoms with E-state index < -0.39 is 0 Å². The zero-order valence-electron chi connectivity index (χ0n) is 10.6. The van der Waals surface area contributed by atoms with Gasteiger partial charge in [0.05, 0.1) is 0 Å². The molecule has 0 radical (unpaired) electrons. The Morgan fingerprint density at radius 1 is 1.33 bits per heavy atom. The lowest BCUT2D eigenvalue weighted by molar-refractivity contribution is -0.122. The number of amides is 1. The van der Waals surface area contributed by atoms with E-state index in [9.17, 15) is 4.79 Å². The lowest BCUT2D eigenvalue weighted by atomic mass is 10.2. The third-order valence-corrected chi connectivity index (χ3v) is 2.56. The second kappa shape index (κ2) is 5.49. The fraction of sp³-hybridized carbons (Fsp3) is 0.286. The van der Waals surface area contributed by atoms with Crippen LogP contribution in [0.5, 0.6) is 5.75 Å². The van der Waals surface area contributed by atoms with Crippen molar-refractivity contribution in [1.29, 1.82) is 0 Å². The summed E-state index contributed by atoms with van der Waals surface area (Å²) in [6, 6.07) is 9.65. The summed E-state index contributed by atoms with van der Waals surface area (Å²) in [5.41, 5.74) is 1.72. The Labute approximate surface area is 106 Å². The minimum Gasteiger partial charge on any atom is -0.481 e. The molecular weight excluding hydrogens is 228 g/mol. The fourth-order valence-corrected chi connectivity index (χ4v) is 1.73. The average molecular weight is 244 g/mol. The number of hydrogen-bond donors (Lipinski definition) is 1. The number of hydrogen-bond acceptors (Lipinski definition) is 3. The van der Waals surface area contributed by atoms with Crippen molar-refractivity contribution in [3.63, 3.8) is 0 Å². The highest BCUT2D eigenvalue weighted by Gasteiger charge is 2.06. The lowest BCUT2D eigenvalue weighted by Gasteiger charge is -2.08. The summed E-state index contributed by atoms with van der Waals surface area (Å²) in [4.78, 5) is 15.8. The minimum atomic E-state index is -0.123. The van der Waals surface area contributed by atoms with Gasteiger partial charge in [-0.3, -0.25) is 4.79 Å². The van der Waals surface area contributed by atoms with E-state index in [2.05, 4.69) is 10.3 Å². The standard InChI is InChI=1S/C14H16N2O2/c1-3-15-13(17)9-18-12-6-4-5-11-8-7-10(2)16-14(11)12/h4-8H,3,9H2,1-2H3,(H,15,17). The Morgan fingerprint density at radius 3 is 2.94 bits per heavy atom. The van der Waals surface area contributed by atoms with Gasteiger partial charge < -0.3 is 10.1 Å². The van der Waals surface area contributed by atoms with Crippen molar-refractivity contribution in [2.24, 2.45) is 0 Å². The second-order valence-corrected chi connectivity index (χ2v) is 4.02. The van der Waals surface area contributed by atoms with Crippen LogP contribution in [-0.2, 0) is 4.79 Å². The normalized spacial score (nSPS) is 10.3. The van der Waals surface area contributed by atoms with Gasteiger partial charge in [-0.05, 0) is 26.0 Å². The summed E-state index contributed by atoms with van der Waals surface area (Å²) in [5.74, 6) is 0.518. The van der Waals surface area contributed by atoms with Gasteiger partial charge in [0, 0.05) is 17.6 Å². The van der Waals surface area contributed by atoms with Crippen molar-refractivity contribution in [1.82, 2.24) is 10.3 Å². The van der Waals surface area contributed by atoms with Crippen LogP contribution in [0.1, 0.15) is 12.6 Å². The molecule has 0 atom stereocenters. The number of rotatable bonds is 4. The zero-order valence-corrected chi connectivity index (χ0v) is 10.6. The van der Waals surface area contributed by atoms with Crippen LogP contribution in [0.25, 0.3) is 10.9 Å². The van der Waals surface area contributed by atoms with E-state index in [-0.39, 0.29) is 12.5 Å². The number of nitrogens with zero attached hydrogens (tertiary/aromatic N) is 1. The largest absolute Gasteiger partial charge is 0.481 e. The van der Waals surface area contributed by atoms with E-state index in [4.69, 9.17) is 4.74 Å². The molecule has 4 nitrogen and oxygen atoms in total. The third kappa shape index (κ3) is 2.77. The maximum Gasteiger partial charge on any atom is 0.257 e. The SMILES string of the molecule is CCNC(=O)COc1cccc2ccc(C)nc12. The predicted molar refractivity (Wildman–Crippen MR) is 70.7 cm³/mol. The summed E-state index contributed by atoms with van der Waals surface area (Å²) in [5, 5.41) is 3.70. The quantitative estimate of drug-likeness (QED) is 0.895. The molecule has 1 N–H and O–H groups in total. The maximum absolute atomic E-state index is 11.4. The van der Waals surface area contributed by atoms with Crippen LogP contribution >= 0.6 is 0 Å². The fourth-order valence-electron chi connectivity index (χ4n) is 1.73. The summed E-state index contributed by atoms with van der Waals surface area (Å²) < 4.78 is 5.51. The van der Waals surface area contributed by atoms with E-state index in [1.165, 1.54) is 0 Å². The van der Waals surface area contributed by atoms with E-state index in [0.29, 0.717) is 12.3 Å². The Balaban J connectivity index is 2.22. The summed E-state index contributed by atoms with van der Waals surface area (Å²) >= 11 is 0. The molecule has 0 aliphatic carbocycles. The van der Waals surface area contributed by atoms with Gasteiger partial charge in [0.2, 0.25) is 0 Å². The van der Waals surface area contributed by atoms with Crippen LogP contribution in [0.15, 0.2) is 30.3 Å². The Hall–Kier alpha value is -2.10. The highest BCUT2D eigenvalue weighted by atomic mass is 16.5. The van der Waals surface area contributed by atoms with Gasteiger partial charge in [-0.25, -0.2) is 4.98 Å². The van der Waals surface area contributed by atoms with E-state index >= 15 is 0 Å². The molecule has 0 unspecified atom stereocenters. The number of carbonyl (C=O) groups is 1. The minimum absolute atomic E-state index is 0.0164. The van der Waals surface area contributed by atoms with Gasteiger partial charge >= 0.3 is 0 Å². The van der Waals surface area contributed by atoms with E-state index in [1.807, 2.05) is 44.2 Å². The molecule has 0 aliphatic rings. The number of aryl methyl sites for hydroxylation is 1. The predicted octanol–water partition coefficient (Wildman–Crippen LogP) is 2.06. The smallest absolute Gasteiger partial charge is 0.257 e. The molecule has 0 bridgehead atoms. The molecule has 0 saturated heterocycles. The first-order valence-electron chi connectivity index (χ1n) is 5.96. The van der Waals surface area contributed by atoms with Crippen LogP contribution in [0.3, 0.4) is 0 Å². The molecule has 0 fully saturated rings.